The molecule has 0 heterocycles. The summed E-state index contributed by atoms with van der Waals surface area (Å²) in [7, 11) is 0. The maximum Gasteiger partial charge on any atom is 0.305 e. The highest BCUT2D eigenvalue weighted by Crippen LogP contribution is 2.19. The van der Waals surface area contributed by atoms with Crippen molar-refractivity contribution in [1.29, 1.82) is 0 Å². The Hall–Kier alpha value is -1.51. The second-order valence-corrected chi connectivity index (χ2v) is 4.27. The van der Waals surface area contributed by atoms with Crippen LogP contribution in [0.5, 0.6) is 0 Å². The summed E-state index contributed by atoms with van der Waals surface area (Å²) in [6.45, 7) is 8.39. The zero-order chi connectivity index (χ0) is 13.4. The second kappa shape index (κ2) is 7.75. The van der Waals surface area contributed by atoms with Gasteiger partial charge in [0, 0.05) is 25.2 Å². The molecule has 0 amide bonds. The lowest BCUT2D eigenvalue weighted by atomic mass is 10.1. The zero-order valence-corrected chi connectivity index (χ0v) is 11.6. The molecule has 0 saturated carbocycles. The van der Waals surface area contributed by atoms with Crippen LogP contribution in [0.1, 0.15) is 32.3 Å². The highest BCUT2D eigenvalue weighted by Gasteiger charge is 2.08. The van der Waals surface area contributed by atoms with Crippen molar-refractivity contribution in [3.05, 3.63) is 29.8 Å². The number of aryl methyl sites for hydroxylation is 1. The molecule has 1 aromatic rings. The van der Waals surface area contributed by atoms with Gasteiger partial charge >= 0.3 is 5.97 Å². The SMILES string of the molecule is CCOC(=O)CCCN(CC)c1ccccc1C. The highest BCUT2D eigenvalue weighted by atomic mass is 16.5. The van der Waals surface area contributed by atoms with Crippen LogP contribution in [0, 0.1) is 6.92 Å². The van der Waals surface area contributed by atoms with Crippen molar-refractivity contribution in [2.24, 2.45) is 0 Å². The molecule has 0 aliphatic carbocycles. The van der Waals surface area contributed by atoms with Crippen molar-refractivity contribution in [1.82, 2.24) is 0 Å². The zero-order valence-electron chi connectivity index (χ0n) is 11.6. The number of rotatable bonds is 7. The average Bonchev–Trinajstić information content (AvgIpc) is 2.36. The van der Waals surface area contributed by atoms with E-state index in [1.165, 1.54) is 11.3 Å². The van der Waals surface area contributed by atoms with Crippen molar-refractivity contribution in [2.45, 2.75) is 33.6 Å². The summed E-state index contributed by atoms with van der Waals surface area (Å²) in [4.78, 5) is 13.6. The predicted molar refractivity (Wildman–Crippen MR) is 74.9 cm³/mol. The van der Waals surface area contributed by atoms with Gasteiger partial charge in [0.1, 0.15) is 0 Å². The number of benzene rings is 1. The van der Waals surface area contributed by atoms with Gasteiger partial charge in [-0.15, -0.1) is 0 Å². The minimum absolute atomic E-state index is 0.0988. The first kappa shape index (κ1) is 14.6. The van der Waals surface area contributed by atoms with Gasteiger partial charge in [0.05, 0.1) is 6.61 Å². The number of ether oxygens (including phenoxy) is 1. The molecule has 1 rings (SSSR count). The van der Waals surface area contributed by atoms with Gasteiger partial charge in [-0.05, 0) is 38.8 Å². The lowest BCUT2D eigenvalue weighted by Crippen LogP contribution is -2.25. The summed E-state index contributed by atoms with van der Waals surface area (Å²) in [5, 5.41) is 0. The number of anilines is 1. The van der Waals surface area contributed by atoms with Gasteiger partial charge in [-0.3, -0.25) is 4.79 Å². The van der Waals surface area contributed by atoms with E-state index in [0.29, 0.717) is 13.0 Å². The summed E-state index contributed by atoms with van der Waals surface area (Å²) < 4.78 is 4.93. The van der Waals surface area contributed by atoms with Crippen LogP contribution < -0.4 is 4.90 Å². The van der Waals surface area contributed by atoms with Gasteiger partial charge in [0.25, 0.3) is 0 Å². The van der Waals surface area contributed by atoms with Crippen molar-refractivity contribution in [3.63, 3.8) is 0 Å². The predicted octanol–water partition coefficient (Wildman–Crippen LogP) is 3.16. The minimum Gasteiger partial charge on any atom is -0.466 e. The Morgan fingerprint density at radius 2 is 2.00 bits per heavy atom. The molecule has 100 valence electrons. The summed E-state index contributed by atoms with van der Waals surface area (Å²) in [6.07, 6.45) is 1.33. The first-order valence-corrected chi connectivity index (χ1v) is 6.65. The molecule has 3 heteroatoms. The van der Waals surface area contributed by atoms with Gasteiger partial charge in [-0.25, -0.2) is 0 Å². The molecule has 0 atom stereocenters. The molecule has 0 spiro atoms. The van der Waals surface area contributed by atoms with Crippen LogP contribution in [0.2, 0.25) is 0 Å². The number of carbonyl (C=O) groups is 1. The summed E-state index contributed by atoms with van der Waals surface area (Å²) in [5.41, 5.74) is 2.53. The number of para-hydroxylation sites is 1. The molecule has 0 saturated heterocycles. The third-order valence-corrected chi connectivity index (χ3v) is 2.95. The third kappa shape index (κ3) is 4.40. The number of hydrogen-bond donors (Lipinski definition) is 0. The Balaban J connectivity index is 2.48. The van der Waals surface area contributed by atoms with Crippen molar-refractivity contribution in [3.8, 4) is 0 Å². The van der Waals surface area contributed by atoms with E-state index in [0.717, 1.165) is 19.5 Å². The van der Waals surface area contributed by atoms with Crippen LogP contribution in [-0.4, -0.2) is 25.7 Å². The Bertz CT molecular complexity index is 377. The largest absolute Gasteiger partial charge is 0.466 e. The molecule has 0 radical (unpaired) electrons. The van der Waals surface area contributed by atoms with E-state index in [1.807, 2.05) is 13.0 Å². The minimum atomic E-state index is -0.0988. The number of esters is 1. The smallest absolute Gasteiger partial charge is 0.305 e. The molecule has 18 heavy (non-hydrogen) atoms. The number of carbonyl (C=O) groups excluding carboxylic acids is 1. The van der Waals surface area contributed by atoms with Crippen LogP contribution in [0.3, 0.4) is 0 Å². The van der Waals surface area contributed by atoms with E-state index in [1.54, 1.807) is 0 Å². The Morgan fingerprint density at radius 1 is 1.28 bits per heavy atom. The fourth-order valence-electron chi connectivity index (χ4n) is 2.01. The lowest BCUT2D eigenvalue weighted by Gasteiger charge is -2.24. The van der Waals surface area contributed by atoms with Gasteiger partial charge in [-0.2, -0.15) is 0 Å². The monoisotopic (exact) mass is 249 g/mol. The molecule has 0 bridgehead atoms. The lowest BCUT2D eigenvalue weighted by molar-refractivity contribution is -0.143. The standard InChI is InChI=1S/C15H23NO2/c1-4-16(12-8-11-15(17)18-5-2)14-10-7-6-9-13(14)3/h6-7,9-10H,4-5,8,11-12H2,1-3H3. The van der Waals surface area contributed by atoms with Gasteiger partial charge in [-0.1, -0.05) is 18.2 Å². The number of hydrogen-bond acceptors (Lipinski definition) is 3. The third-order valence-electron chi connectivity index (χ3n) is 2.95. The number of nitrogens with zero attached hydrogens (tertiary/aromatic N) is 1. The second-order valence-electron chi connectivity index (χ2n) is 4.27. The molecule has 0 unspecified atom stereocenters. The molecule has 0 aromatic heterocycles. The molecule has 0 fully saturated rings. The maximum atomic E-state index is 11.3. The fourth-order valence-corrected chi connectivity index (χ4v) is 2.01. The van der Waals surface area contributed by atoms with Crippen LogP contribution in [0.4, 0.5) is 5.69 Å². The maximum absolute atomic E-state index is 11.3. The van der Waals surface area contributed by atoms with E-state index < -0.39 is 0 Å². The molecular formula is C15H23NO2. The van der Waals surface area contributed by atoms with Crippen LogP contribution >= 0.6 is 0 Å². The summed E-state index contributed by atoms with van der Waals surface area (Å²) >= 11 is 0. The first-order valence-electron chi connectivity index (χ1n) is 6.65. The summed E-state index contributed by atoms with van der Waals surface area (Å²) in [5.74, 6) is -0.0988. The van der Waals surface area contributed by atoms with Gasteiger partial charge in [0.15, 0.2) is 0 Å². The van der Waals surface area contributed by atoms with E-state index in [-0.39, 0.29) is 5.97 Å². The van der Waals surface area contributed by atoms with E-state index >= 15 is 0 Å². The van der Waals surface area contributed by atoms with Gasteiger partial charge in [0.2, 0.25) is 0 Å². The summed E-state index contributed by atoms with van der Waals surface area (Å²) in [6, 6.07) is 8.34. The Kier molecular flexibility index (Phi) is 6.26. The van der Waals surface area contributed by atoms with E-state index in [2.05, 4.69) is 36.9 Å². The van der Waals surface area contributed by atoms with Crippen LogP contribution in [0.15, 0.2) is 24.3 Å². The molecule has 0 N–H and O–H groups in total. The van der Waals surface area contributed by atoms with E-state index in [9.17, 15) is 4.79 Å². The van der Waals surface area contributed by atoms with Crippen molar-refractivity contribution < 1.29 is 9.53 Å². The topological polar surface area (TPSA) is 29.5 Å². The van der Waals surface area contributed by atoms with Crippen molar-refractivity contribution in [2.75, 3.05) is 24.6 Å². The Morgan fingerprint density at radius 3 is 2.61 bits per heavy atom. The quantitative estimate of drug-likeness (QED) is 0.695. The normalized spacial score (nSPS) is 10.2. The van der Waals surface area contributed by atoms with Crippen molar-refractivity contribution >= 4 is 11.7 Å². The fraction of sp³-hybridized carbons (Fsp3) is 0.533. The van der Waals surface area contributed by atoms with E-state index in [4.69, 9.17) is 4.74 Å². The molecule has 0 aliphatic heterocycles. The molecular weight excluding hydrogens is 226 g/mol. The van der Waals surface area contributed by atoms with Crippen LogP contribution in [-0.2, 0) is 9.53 Å². The first-order chi connectivity index (χ1) is 8.69. The van der Waals surface area contributed by atoms with Crippen LogP contribution in [0.25, 0.3) is 0 Å². The average molecular weight is 249 g/mol. The molecule has 3 nitrogen and oxygen atoms in total. The van der Waals surface area contributed by atoms with Gasteiger partial charge < -0.3 is 9.64 Å². The molecule has 1 aromatic carbocycles. The Labute approximate surface area is 110 Å². The molecule has 0 aliphatic rings. The highest BCUT2D eigenvalue weighted by molar-refractivity contribution is 5.69.